The van der Waals surface area contributed by atoms with Crippen LogP contribution in [0, 0.1) is 11.6 Å². The minimum absolute atomic E-state index is 0.0121. The summed E-state index contributed by atoms with van der Waals surface area (Å²) in [5.41, 5.74) is 1.81. The molecule has 152 valence electrons. The lowest BCUT2D eigenvalue weighted by Crippen LogP contribution is -2.40. The number of rotatable bonds is 2. The van der Waals surface area contributed by atoms with Crippen molar-refractivity contribution in [3.63, 3.8) is 0 Å². The molecule has 0 aliphatic carbocycles. The minimum Gasteiger partial charge on any atom is -0.371 e. The van der Waals surface area contributed by atoms with Gasteiger partial charge in [0.25, 0.3) is 0 Å². The van der Waals surface area contributed by atoms with Crippen molar-refractivity contribution >= 4 is 0 Å². The van der Waals surface area contributed by atoms with Crippen molar-refractivity contribution in [2.24, 2.45) is 0 Å². The van der Waals surface area contributed by atoms with Crippen LogP contribution < -0.4 is 10.6 Å². The third kappa shape index (κ3) is 6.07. The van der Waals surface area contributed by atoms with Crippen molar-refractivity contribution in [1.29, 1.82) is 0 Å². The summed E-state index contributed by atoms with van der Waals surface area (Å²) in [5.74, 6) is -0.408. The zero-order valence-corrected chi connectivity index (χ0v) is 16.3. The number of hydrogen-bond acceptors (Lipinski definition) is 4. The van der Waals surface area contributed by atoms with Gasteiger partial charge in [-0.15, -0.1) is 0 Å². The van der Waals surface area contributed by atoms with Crippen LogP contribution in [0.5, 0.6) is 0 Å². The summed E-state index contributed by atoms with van der Waals surface area (Å²) in [4.78, 5) is 0. The molecule has 4 atom stereocenters. The molecule has 0 spiro atoms. The van der Waals surface area contributed by atoms with E-state index in [0.29, 0.717) is 25.3 Å². The summed E-state index contributed by atoms with van der Waals surface area (Å²) in [6.45, 7) is 7.02. The van der Waals surface area contributed by atoms with Crippen molar-refractivity contribution in [3.05, 3.63) is 71.3 Å². The van der Waals surface area contributed by atoms with Gasteiger partial charge < -0.3 is 20.1 Å². The zero-order valence-electron chi connectivity index (χ0n) is 16.3. The first-order valence-electron chi connectivity index (χ1n) is 9.72. The molecule has 2 heterocycles. The number of nitrogens with one attached hydrogen (secondary N) is 2. The zero-order chi connectivity index (χ0) is 19.9. The van der Waals surface area contributed by atoms with Gasteiger partial charge in [-0.05, 0) is 49.2 Å². The van der Waals surface area contributed by atoms with E-state index >= 15 is 0 Å². The molecule has 2 aliphatic heterocycles. The van der Waals surface area contributed by atoms with Gasteiger partial charge in [0, 0.05) is 25.2 Å². The molecule has 2 aromatic carbocycles. The summed E-state index contributed by atoms with van der Waals surface area (Å²) in [7, 11) is 0. The molecule has 0 radical (unpaired) electrons. The van der Waals surface area contributed by atoms with Crippen LogP contribution in [0.2, 0.25) is 0 Å². The van der Waals surface area contributed by atoms with E-state index in [0.717, 1.165) is 24.2 Å². The number of halogens is 2. The number of hydrogen-bond donors (Lipinski definition) is 2. The van der Waals surface area contributed by atoms with E-state index in [1.54, 1.807) is 12.1 Å². The van der Waals surface area contributed by atoms with Crippen LogP contribution in [0.25, 0.3) is 0 Å². The van der Waals surface area contributed by atoms with Crippen molar-refractivity contribution in [1.82, 2.24) is 10.6 Å². The van der Waals surface area contributed by atoms with Crippen LogP contribution in [-0.4, -0.2) is 38.4 Å². The summed E-state index contributed by atoms with van der Waals surface area (Å²) in [6, 6.07) is 13.9. The Morgan fingerprint density at radius 1 is 0.750 bits per heavy atom. The third-order valence-electron chi connectivity index (χ3n) is 4.84. The van der Waals surface area contributed by atoms with Crippen LogP contribution in [-0.2, 0) is 9.47 Å². The summed E-state index contributed by atoms with van der Waals surface area (Å²) in [6.07, 6.45) is -0.0243. The molecule has 2 aliphatic rings. The van der Waals surface area contributed by atoms with Gasteiger partial charge in [-0.3, -0.25) is 0 Å². The summed E-state index contributed by atoms with van der Waals surface area (Å²) >= 11 is 0. The first-order valence-corrected chi connectivity index (χ1v) is 9.72. The molecule has 0 bridgehead atoms. The number of benzene rings is 2. The molecular weight excluding hydrogens is 362 g/mol. The normalized spacial score (nSPS) is 27.6. The van der Waals surface area contributed by atoms with Gasteiger partial charge in [0.15, 0.2) is 0 Å². The molecule has 2 fully saturated rings. The first kappa shape index (κ1) is 20.9. The SMILES string of the molecule is C[C@@H]1COC(c2cccc(F)c2)CN1.C[C@@H]1CO[C@H](c2cccc(F)c2)CN1. The van der Waals surface area contributed by atoms with Gasteiger partial charge >= 0.3 is 0 Å². The molecule has 2 aromatic rings. The Labute approximate surface area is 165 Å². The molecule has 1 unspecified atom stereocenters. The lowest BCUT2D eigenvalue weighted by atomic mass is 10.1. The molecule has 0 amide bonds. The largest absolute Gasteiger partial charge is 0.371 e. The Kier molecular flexibility index (Phi) is 7.50. The molecule has 6 heteroatoms. The lowest BCUT2D eigenvalue weighted by molar-refractivity contribution is 0.00677. The van der Waals surface area contributed by atoms with E-state index in [1.165, 1.54) is 24.3 Å². The van der Waals surface area contributed by atoms with Crippen LogP contribution in [0.15, 0.2) is 48.5 Å². The Bertz CT molecular complexity index is 679. The minimum atomic E-state index is -0.204. The summed E-state index contributed by atoms with van der Waals surface area (Å²) < 4.78 is 37.0. The smallest absolute Gasteiger partial charge is 0.123 e. The van der Waals surface area contributed by atoms with Gasteiger partial charge in [-0.1, -0.05) is 24.3 Å². The molecule has 28 heavy (non-hydrogen) atoms. The van der Waals surface area contributed by atoms with E-state index in [2.05, 4.69) is 24.5 Å². The molecule has 4 rings (SSSR count). The molecular formula is C22H28F2N2O2. The van der Waals surface area contributed by atoms with Crippen molar-refractivity contribution in [2.75, 3.05) is 26.3 Å². The molecule has 4 nitrogen and oxygen atoms in total. The Morgan fingerprint density at radius 3 is 1.50 bits per heavy atom. The number of ether oxygens (including phenoxy) is 2. The quantitative estimate of drug-likeness (QED) is 0.820. The van der Waals surface area contributed by atoms with Crippen LogP contribution in [0.4, 0.5) is 8.78 Å². The first-order chi connectivity index (χ1) is 13.5. The monoisotopic (exact) mass is 390 g/mol. The topological polar surface area (TPSA) is 42.5 Å². The van der Waals surface area contributed by atoms with E-state index in [1.807, 2.05) is 12.1 Å². The predicted molar refractivity (Wildman–Crippen MR) is 105 cm³/mol. The lowest BCUT2D eigenvalue weighted by Gasteiger charge is -2.28. The van der Waals surface area contributed by atoms with Gasteiger partial charge in [0.1, 0.15) is 11.6 Å². The second kappa shape index (κ2) is 10.1. The molecule has 2 N–H and O–H groups in total. The van der Waals surface area contributed by atoms with Gasteiger partial charge in [0.05, 0.1) is 25.4 Å². The van der Waals surface area contributed by atoms with Crippen LogP contribution in [0.3, 0.4) is 0 Å². The molecule has 0 aromatic heterocycles. The van der Waals surface area contributed by atoms with E-state index < -0.39 is 0 Å². The maximum absolute atomic E-state index is 12.9. The molecule has 0 saturated carbocycles. The highest BCUT2D eigenvalue weighted by Crippen LogP contribution is 2.21. The second-order valence-electron chi connectivity index (χ2n) is 7.37. The maximum atomic E-state index is 12.9. The van der Waals surface area contributed by atoms with E-state index in [-0.39, 0.29) is 23.8 Å². The van der Waals surface area contributed by atoms with Crippen LogP contribution in [0.1, 0.15) is 37.2 Å². The summed E-state index contributed by atoms with van der Waals surface area (Å²) in [5, 5.41) is 6.61. The average Bonchev–Trinajstić information content (AvgIpc) is 2.70. The maximum Gasteiger partial charge on any atom is 0.123 e. The Hall–Kier alpha value is -1.86. The predicted octanol–water partition coefficient (Wildman–Crippen LogP) is 3.75. The van der Waals surface area contributed by atoms with Gasteiger partial charge in [0.2, 0.25) is 0 Å². The van der Waals surface area contributed by atoms with Crippen molar-refractivity contribution in [2.45, 2.75) is 38.1 Å². The van der Waals surface area contributed by atoms with Crippen LogP contribution >= 0.6 is 0 Å². The number of morpholine rings is 2. The Balaban J connectivity index is 0.000000161. The highest BCUT2D eigenvalue weighted by atomic mass is 19.1. The highest BCUT2D eigenvalue weighted by molar-refractivity contribution is 5.20. The molecule has 2 saturated heterocycles. The van der Waals surface area contributed by atoms with E-state index in [4.69, 9.17) is 9.47 Å². The van der Waals surface area contributed by atoms with Crippen molar-refractivity contribution < 1.29 is 18.3 Å². The fourth-order valence-electron chi connectivity index (χ4n) is 3.22. The fourth-order valence-corrected chi connectivity index (χ4v) is 3.22. The third-order valence-corrected chi connectivity index (χ3v) is 4.84. The Morgan fingerprint density at radius 2 is 1.18 bits per heavy atom. The standard InChI is InChI=1S/2C11H14FNO/c2*1-8-7-14-11(6-13-8)9-3-2-4-10(12)5-9/h2*2-5,8,11,13H,6-7H2,1H3/t8-,11?;8-,11+/m11/s1. The van der Waals surface area contributed by atoms with Gasteiger partial charge in [-0.25, -0.2) is 8.78 Å². The van der Waals surface area contributed by atoms with Gasteiger partial charge in [-0.2, -0.15) is 0 Å². The van der Waals surface area contributed by atoms with Crippen molar-refractivity contribution in [3.8, 4) is 0 Å². The average molecular weight is 390 g/mol. The second-order valence-corrected chi connectivity index (χ2v) is 7.37. The highest BCUT2D eigenvalue weighted by Gasteiger charge is 2.20. The fraction of sp³-hybridized carbons (Fsp3) is 0.455. The van der Waals surface area contributed by atoms with E-state index in [9.17, 15) is 8.78 Å².